The molecular formula is C19H31N5. The lowest BCUT2D eigenvalue weighted by Gasteiger charge is -2.33. The largest absolute Gasteiger partial charge is 0.356 e. The van der Waals surface area contributed by atoms with E-state index in [0.717, 1.165) is 50.2 Å². The van der Waals surface area contributed by atoms with Crippen LogP contribution in [0.5, 0.6) is 0 Å². The van der Waals surface area contributed by atoms with Crippen molar-refractivity contribution in [1.29, 1.82) is 0 Å². The van der Waals surface area contributed by atoms with Crippen molar-refractivity contribution in [3.63, 3.8) is 0 Å². The molecule has 132 valence electrons. The average molecular weight is 329 g/mol. The molecule has 0 amide bonds. The summed E-state index contributed by atoms with van der Waals surface area (Å²) in [5, 5.41) is 7.28. The number of nitrogens with one attached hydrogen (secondary N) is 2. The van der Waals surface area contributed by atoms with Crippen molar-refractivity contribution in [2.24, 2.45) is 10.9 Å². The van der Waals surface area contributed by atoms with Gasteiger partial charge in [0.25, 0.3) is 0 Å². The third-order valence-electron chi connectivity index (χ3n) is 5.03. The second-order valence-electron chi connectivity index (χ2n) is 6.95. The van der Waals surface area contributed by atoms with Crippen molar-refractivity contribution in [2.45, 2.75) is 58.0 Å². The molecule has 0 bridgehead atoms. The number of aliphatic imine (C=N–C) groups is 1. The number of piperidine rings is 1. The van der Waals surface area contributed by atoms with Crippen LogP contribution in [0.25, 0.3) is 0 Å². The molecule has 1 saturated heterocycles. The maximum absolute atomic E-state index is 4.64. The number of anilines is 1. The summed E-state index contributed by atoms with van der Waals surface area (Å²) in [4.78, 5) is 11.5. The third kappa shape index (κ3) is 4.62. The molecule has 1 aromatic rings. The van der Waals surface area contributed by atoms with E-state index in [1.165, 1.54) is 19.3 Å². The minimum atomic E-state index is 0.506. The highest BCUT2D eigenvalue weighted by molar-refractivity contribution is 5.80. The van der Waals surface area contributed by atoms with E-state index in [1.807, 2.05) is 12.3 Å². The van der Waals surface area contributed by atoms with E-state index in [0.29, 0.717) is 12.1 Å². The fourth-order valence-electron chi connectivity index (χ4n) is 3.57. The zero-order valence-electron chi connectivity index (χ0n) is 15.0. The molecule has 5 heteroatoms. The van der Waals surface area contributed by atoms with E-state index in [2.05, 4.69) is 51.5 Å². The molecule has 1 aliphatic carbocycles. The van der Waals surface area contributed by atoms with Gasteiger partial charge in [-0.25, -0.2) is 4.98 Å². The van der Waals surface area contributed by atoms with Crippen molar-refractivity contribution >= 4 is 11.8 Å². The van der Waals surface area contributed by atoms with Crippen molar-refractivity contribution in [2.75, 3.05) is 24.5 Å². The summed E-state index contributed by atoms with van der Waals surface area (Å²) in [7, 11) is 0. The van der Waals surface area contributed by atoms with E-state index in [9.17, 15) is 0 Å². The van der Waals surface area contributed by atoms with Gasteiger partial charge in [0.05, 0.1) is 0 Å². The van der Waals surface area contributed by atoms with Crippen LogP contribution in [0.3, 0.4) is 0 Å². The van der Waals surface area contributed by atoms with Gasteiger partial charge < -0.3 is 15.5 Å². The minimum absolute atomic E-state index is 0.506. The zero-order chi connectivity index (χ0) is 16.8. The molecule has 2 heterocycles. The van der Waals surface area contributed by atoms with Gasteiger partial charge >= 0.3 is 0 Å². The molecule has 2 unspecified atom stereocenters. The normalized spacial score (nSPS) is 24.8. The number of pyridine rings is 1. The molecular weight excluding hydrogens is 298 g/mol. The average Bonchev–Trinajstić information content (AvgIpc) is 3.34. The summed E-state index contributed by atoms with van der Waals surface area (Å²) in [6.45, 7) is 7.30. The highest BCUT2D eigenvalue weighted by Gasteiger charge is 2.36. The second kappa shape index (κ2) is 8.36. The lowest BCUT2D eigenvalue weighted by molar-refractivity contribution is 0.458. The summed E-state index contributed by atoms with van der Waals surface area (Å²) >= 11 is 0. The number of aromatic nitrogens is 1. The number of rotatable bonds is 6. The maximum atomic E-state index is 4.64. The molecule has 0 radical (unpaired) electrons. The van der Waals surface area contributed by atoms with E-state index in [-0.39, 0.29) is 0 Å². The first-order chi connectivity index (χ1) is 11.8. The van der Waals surface area contributed by atoms with Gasteiger partial charge in [0.2, 0.25) is 0 Å². The van der Waals surface area contributed by atoms with Gasteiger partial charge in [-0.2, -0.15) is 0 Å². The van der Waals surface area contributed by atoms with E-state index in [1.54, 1.807) is 0 Å². The molecule has 0 aromatic carbocycles. The fourth-order valence-corrected chi connectivity index (χ4v) is 3.57. The third-order valence-corrected chi connectivity index (χ3v) is 5.03. The van der Waals surface area contributed by atoms with Gasteiger partial charge in [-0.1, -0.05) is 19.4 Å². The van der Waals surface area contributed by atoms with Crippen molar-refractivity contribution in [3.05, 3.63) is 24.4 Å². The molecule has 3 rings (SSSR count). The standard InChI is InChI=1S/C19H31N5/c1-3-7-15-14-17(15)23-19(20-4-2)22-16-9-12-24(13-10-16)18-8-5-6-11-21-18/h5-6,8,11,15-17H,3-4,7,9-10,12-14H2,1-2H3,(H2,20,22,23). The quantitative estimate of drug-likeness (QED) is 0.622. The van der Waals surface area contributed by atoms with Crippen LogP contribution in [0, 0.1) is 5.92 Å². The highest BCUT2D eigenvalue weighted by Crippen LogP contribution is 2.34. The number of hydrogen-bond donors (Lipinski definition) is 2. The maximum Gasteiger partial charge on any atom is 0.191 e. The highest BCUT2D eigenvalue weighted by atomic mass is 15.2. The van der Waals surface area contributed by atoms with Gasteiger partial charge in [-0.15, -0.1) is 0 Å². The smallest absolute Gasteiger partial charge is 0.191 e. The molecule has 2 aliphatic rings. The number of guanidine groups is 1. The van der Waals surface area contributed by atoms with Crippen LogP contribution in [0.2, 0.25) is 0 Å². The minimum Gasteiger partial charge on any atom is -0.356 e. The van der Waals surface area contributed by atoms with Crippen molar-refractivity contribution < 1.29 is 0 Å². The van der Waals surface area contributed by atoms with Crippen LogP contribution in [0.15, 0.2) is 29.4 Å². The van der Waals surface area contributed by atoms with Gasteiger partial charge in [0, 0.05) is 37.9 Å². The Balaban J connectivity index is 1.46. The number of hydrogen-bond acceptors (Lipinski definition) is 3. The summed E-state index contributed by atoms with van der Waals surface area (Å²) in [6.07, 6.45) is 8.05. The van der Waals surface area contributed by atoms with Crippen molar-refractivity contribution in [3.8, 4) is 0 Å². The molecule has 2 N–H and O–H groups in total. The van der Waals surface area contributed by atoms with E-state index >= 15 is 0 Å². The van der Waals surface area contributed by atoms with Gasteiger partial charge in [0.15, 0.2) is 5.96 Å². The molecule has 1 saturated carbocycles. The number of nitrogens with zero attached hydrogens (tertiary/aromatic N) is 3. The van der Waals surface area contributed by atoms with Crippen LogP contribution in [0.1, 0.15) is 46.0 Å². The SMILES string of the molecule is CCCC1CC1NC(=NCC)NC1CCN(c2ccccn2)CC1. The second-order valence-corrected chi connectivity index (χ2v) is 6.95. The van der Waals surface area contributed by atoms with E-state index in [4.69, 9.17) is 0 Å². The Morgan fingerprint density at radius 3 is 2.75 bits per heavy atom. The predicted molar refractivity (Wildman–Crippen MR) is 101 cm³/mol. The summed E-state index contributed by atoms with van der Waals surface area (Å²) in [5.74, 6) is 2.96. The molecule has 2 atom stereocenters. The lowest BCUT2D eigenvalue weighted by atomic mass is 10.1. The monoisotopic (exact) mass is 329 g/mol. The van der Waals surface area contributed by atoms with Gasteiger partial charge in [-0.3, -0.25) is 4.99 Å². The summed E-state index contributed by atoms with van der Waals surface area (Å²) in [5.41, 5.74) is 0. The Bertz CT molecular complexity index is 522. The lowest BCUT2D eigenvalue weighted by Crippen LogP contribution is -2.49. The molecule has 5 nitrogen and oxygen atoms in total. The Morgan fingerprint density at radius 2 is 2.08 bits per heavy atom. The molecule has 1 aliphatic heterocycles. The molecule has 1 aromatic heterocycles. The molecule has 2 fully saturated rings. The zero-order valence-corrected chi connectivity index (χ0v) is 15.0. The fraction of sp³-hybridized carbons (Fsp3) is 0.684. The van der Waals surface area contributed by atoms with Crippen LogP contribution in [-0.4, -0.2) is 42.7 Å². The Kier molecular flexibility index (Phi) is 5.94. The van der Waals surface area contributed by atoms with Crippen molar-refractivity contribution in [1.82, 2.24) is 15.6 Å². The Labute approximate surface area is 146 Å². The Hall–Kier alpha value is -1.78. The Morgan fingerprint density at radius 1 is 1.25 bits per heavy atom. The first kappa shape index (κ1) is 17.1. The summed E-state index contributed by atoms with van der Waals surface area (Å²) < 4.78 is 0. The van der Waals surface area contributed by atoms with Crippen LogP contribution >= 0.6 is 0 Å². The predicted octanol–water partition coefficient (Wildman–Crippen LogP) is 2.79. The molecule has 0 spiro atoms. The van der Waals surface area contributed by atoms with Crippen LogP contribution in [0.4, 0.5) is 5.82 Å². The van der Waals surface area contributed by atoms with Gasteiger partial charge in [-0.05, 0) is 50.7 Å². The topological polar surface area (TPSA) is 52.6 Å². The van der Waals surface area contributed by atoms with Crippen LogP contribution < -0.4 is 15.5 Å². The first-order valence-electron chi connectivity index (χ1n) is 9.53. The first-order valence-corrected chi connectivity index (χ1v) is 9.53. The van der Waals surface area contributed by atoms with Crippen LogP contribution in [-0.2, 0) is 0 Å². The summed E-state index contributed by atoms with van der Waals surface area (Å²) in [6, 6.07) is 7.27. The molecule has 24 heavy (non-hydrogen) atoms. The van der Waals surface area contributed by atoms with Gasteiger partial charge in [0.1, 0.15) is 5.82 Å². The van der Waals surface area contributed by atoms with E-state index < -0.39 is 0 Å².